The van der Waals surface area contributed by atoms with Gasteiger partial charge in [0.1, 0.15) is 0 Å². The number of ether oxygens (including phenoxy) is 3. The second-order valence-corrected chi connectivity index (χ2v) is 6.57. The molecule has 1 aliphatic heterocycles. The van der Waals surface area contributed by atoms with Crippen molar-refractivity contribution < 1.29 is 19.0 Å². The highest BCUT2D eigenvalue weighted by molar-refractivity contribution is 6.32. The van der Waals surface area contributed by atoms with Crippen LogP contribution in [-0.2, 0) is 29.1 Å². The van der Waals surface area contributed by atoms with E-state index in [2.05, 4.69) is 5.32 Å². The first-order valence-corrected chi connectivity index (χ1v) is 8.95. The summed E-state index contributed by atoms with van der Waals surface area (Å²) in [5.41, 5.74) is 2.94. The Hall–Kier alpha value is -2.24. The molecule has 0 atom stereocenters. The van der Waals surface area contributed by atoms with E-state index in [1.54, 1.807) is 13.2 Å². The lowest BCUT2D eigenvalue weighted by Crippen LogP contribution is -2.24. The van der Waals surface area contributed by atoms with Gasteiger partial charge in [-0.3, -0.25) is 4.79 Å². The summed E-state index contributed by atoms with van der Waals surface area (Å²) in [6.45, 7) is 2.22. The van der Waals surface area contributed by atoms with Crippen LogP contribution in [0.15, 0.2) is 36.4 Å². The predicted molar refractivity (Wildman–Crippen MR) is 99.8 cm³/mol. The van der Waals surface area contributed by atoms with Gasteiger partial charge in [0.2, 0.25) is 5.91 Å². The maximum Gasteiger partial charge on any atom is 0.224 e. The standard InChI is InChI=1S/C20H22ClNO4/c1-24-13-15-5-3-14(4-6-15)12-22-19(23)11-16-9-17(21)20-18(10-16)25-7-2-8-26-20/h3-6,9-10H,2,7-8,11-13H2,1H3,(H,22,23). The highest BCUT2D eigenvalue weighted by atomic mass is 35.5. The summed E-state index contributed by atoms with van der Waals surface area (Å²) in [7, 11) is 1.67. The second kappa shape index (κ2) is 8.92. The summed E-state index contributed by atoms with van der Waals surface area (Å²) in [6, 6.07) is 11.5. The molecule has 0 saturated heterocycles. The van der Waals surface area contributed by atoms with Crippen LogP contribution in [0.3, 0.4) is 0 Å². The van der Waals surface area contributed by atoms with E-state index in [4.69, 9.17) is 25.8 Å². The summed E-state index contributed by atoms with van der Waals surface area (Å²) < 4.78 is 16.4. The molecule has 1 aliphatic rings. The first-order chi connectivity index (χ1) is 12.7. The molecule has 138 valence electrons. The molecule has 1 heterocycles. The maximum absolute atomic E-state index is 12.3. The molecule has 5 nitrogen and oxygen atoms in total. The molecule has 3 rings (SSSR count). The third-order valence-corrected chi connectivity index (χ3v) is 4.33. The lowest BCUT2D eigenvalue weighted by atomic mass is 10.1. The maximum atomic E-state index is 12.3. The smallest absolute Gasteiger partial charge is 0.224 e. The van der Waals surface area contributed by atoms with Crippen molar-refractivity contribution in [2.24, 2.45) is 0 Å². The van der Waals surface area contributed by atoms with Crippen LogP contribution < -0.4 is 14.8 Å². The first kappa shape index (κ1) is 18.5. The van der Waals surface area contributed by atoms with Gasteiger partial charge in [0.25, 0.3) is 0 Å². The minimum absolute atomic E-state index is 0.0727. The number of halogens is 1. The molecule has 26 heavy (non-hydrogen) atoms. The predicted octanol–water partition coefficient (Wildman–Crippen LogP) is 3.51. The molecule has 0 fully saturated rings. The molecule has 1 amide bonds. The molecule has 2 aromatic carbocycles. The van der Waals surface area contributed by atoms with Gasteiger partial charge in [-0.1, -0.05) is 35.9 Å². The van der Waals surface area contributed by atoms with E-state index >= 15 is 0 Å². The van der Waals surface area contributed by atoms with Gasteiger partial charge in [-0.2, -0.15) is 0 Å². The average molecular weight is 376 g/mol. The van der Waals surface area contributed by atoms with Crippen molar-refractivity contribution in [3.8, 4) is 11.5 Å². The van der Waals surface area contributed by atoms with Gasteiger partial charge in [0.05, 0.1) is 31.3 Å². The Kier molecular flexibility index (Phi) is 6.36. The summed E-state index contributed by atoms with van der Waals surface area (Å²) in [5.74, 6) is 1.09. The van der Waals surface area contributed by atoms with Crippen LogP contribution in [0.5, 0.6) is 11.5 Å². The number of methoxy groups -OCH3 is 1. The normalized spacial score (nSPS) is 13.2. The van der Waals surface area contributed by atoms with E-state index in [9.17, 15) is 4.79 Å². The van der Waals surface area contributed by atoms with Crippen molar-refractivity contribution in [3.63, 3.8) is 0 Å². The van der Waals surface area contributed by atoms with Crippen molar-refractivity contribution in [3.05, 3.63) is 58.1 Å². The quantitative estimate of drug-likeness (QED) is 0.839. The first-order valence-electron chi connectivity index (χ1n) is 8.57. The zero-order valence-corrected chi connectivity index (χ0v) is 15.5. The largest absolute Gasteiger partial charge is 0.489 e. The van der Waals surface area contributed by atoms with Gasteiger partial charge >= 0.3 is 0 Å². The van der Waals surface area contributed by atoms with E-state index in [1.165, 1.54) is 0 Å². The van der Waals surface area contributed by atoms with Gasteiger partial charge in [-0.05, 0) is 28.8 Å². The minimum atomic E-state index is -0.0727. The van der Waals surface area contributed by atoms with Crippen molar-refractivity contribution >= 4 is 17.5 Å². The Labute approximate surface area is 158 Å². The molecule has 0 unspecified atom stereocenters. The highest BCUT2D eigenvalue weighted by Crippen LogP contribution is 2.38. The summed E-state index contributed by atoms with van der Waals surface area (Å²) in [6.07, 6.45) is 1.04. The molecule has 1 N–H and O–H groups in total. The molecule has 0 bridgehead atoms. The Morgan fingerprint density at radius 2 is 1.85 bits per heavy atom. The molecule has 0 aliphatic carbocycles. The van der Waals surface area contributed by atoms with E-state index < -0.39 is 0 Å². The zero-order valence-electron chi connectivity index (χ0n) is 14.7. The molecule has 6 heteroatoms. The van der Waals surface area contributed by atoms with Crippen LogP contribution in [0.2, 0.25) is 5.02 Å². The van der Waals surface area contributed by atoms with Gasteiger partial charge in [-0.25, -0.2) is 0 Å². The van der Waals surface area contributed by atoms with Gasteiger partial charge < -0.3 is 19.5 Å². The van der Waals surface area contributed by atoms with Crippen LogP contribution >= 0.6 is 11.6 Å². The number of carbonyl (C=O) groups is 1. The third-order valence-electron chi connectivity index (χ3n) is 4.05. The minimum Gasteiger partial charge on any atom is -0.489 e. The number of hydrogen-bond donors (Lipinski definition) is 1. The number of benzene rings is 2. The fraction of sp³-hybridized carbons (Fsp3) is 0.350. The summed E-state index contributed by atoms with van der Waals surface area (Å²) in [5, 5.41) is 3.40. The Bertz CT molecular complexity index is 761. The monoisotopic (exact) mass is 375 g/mol. The van der Waals surface area contributed by atoms with Gasteiger partial charge in [-0.15, -0.1) is 0 Å². The molecular formula is C20H22ClNO4. The fourth-order valence-corrected chi connectivity index (χ4v) is 3.04. The lowest BCUT2D eigenvalue weighted by Gasteiger charge is -2.12. The molecule has 0 aromatic heterocycles. The van der Waals surface area contributed by atoms with E-state index in [0.29, 0.717) is 42.9 Å². The van der Waals surface area contributed by atoms with Crippen LogP contribution in [0.1, 0.15) is 23.1 Å². The Balaban J connectivity index is 1.58. The average Bonchev–Trinajstić information content (AvgIpc) is 2.87. The fourth-order valence-electron chi connectivity index (χ4n) is 2.75. The van der Waals surface area contributed by atoms with Crippen LogP contribution in [-0.4, -0.2) is 26.2 Å². The third kappa shape index (κ3) is 4.90. The van der Waals surface area contributed by atoms with Crippen LogP contribution in [0.25, 0.3) is 0 Å². The van der Waals surface area contributed by atoms with Crippen molar-refractivity contribution in [1.29, 1.82) is 0 Å². The Morgan fingerprint density at radius 1 is 1.12 bits per heavy atom. The molecule has 0 radical (unpaired) electrons. The SMILES string of the molecule is COCc1ccc(CNC(=O)Cc2cc(Cl)c3c(c2)OCCCO3)cc1. The van der Waals surface area contributed by atoms with Gasteiger partial charge in [0.15, 0.2) is 11.5 Å². The van der Waals surface area contributed by atoms with Gasteiger partial charge in [0, 0.05) is 20.1 Å². The van der Waals surface area contributed by atoms with E-state index in [-0.39, 0.29) is 12.3 Å². The molecule has 2 aromatic rings. The highest BCUT2D eigenvalue weighted by Gasteiger charge is 2.16. The Morgan fingerprint density at radius 3 is 2.62 bits per heavy atom. The zero-order chi connectivity index (χ0) is 18.4. The van der Waals surface area contributed by atoms with Crippen molar-refractivity contribution in [2.45, 2.75) is 26.0 Å². The number of fused-ring (bicyclic) bond motifs is 1. The summed E-state index contributed by atoms with van der Waals surface area (Å²) >= 11 is 6.27. The second-order valence-electron chi connectivity index (χ2n) is 6.16. The van der Waals surface area contributed by atoms with Crippen LogP contribution in [0, 0.1) is 0 Å². The van der Waals surface area contributed by atoms with E-state index in [1.807, 2.05) is 30.3 Å². The number of rotatable bonds is 6. The molecule has 0 saturated carbocycles. The van der Waals surface area contributed by atoms with Crippen molar-refractivity contribution in [2.75, 3.05) is 20.3 Å². The lowest BCUT2D eigenvalue weighted by molar-refractivity contribution is -0.120. The molecule has 0 spiro atoms. The number of hydrogen-bond acceptors (Lipinski definition) is 4. The van der Waals surface area contributed by atoms with Crippen molar-refractivity contribution in [1.82, 2.24) is 5.32 Å². The number of amides is 1. The number of carbonyl (C=O) groups excluding carboxylic acids is 1. The molecular weight excluding hydrogens is 354 g/mol. The number of nitrogens with one attached hydrogen (secondary N) is 1. The topological polar surface area (TPSA) is 56.8 Å². The summed E-state index contributed by atoms with van der Waals surface area (Å²) in [4.78, 5) is 12.3. The van der Waals surface area contributed by atoms with Crippen LogP contribution in [0.4, 0.5) is 0 Å². The van der Waals surface area contributed by atoms with E-state index in [0.717, 1.165) is 23.1 Å².